The fourth-order valence-corrected chi connectivity index (χ4v) is 1.35. The van der Waals surface area contributed by atoms with Crippen molar-refractivity contribution in [1.29, 1.82) is 0 Å². The first-order chi connectivity index (χ1) is 6.70. The summed E-state index contributed by atoms with van der Waals surface area (Å²) in [5, 5.41) is 0. The summed E-state index contributed by atoms with van der Waals surface area (Å²) in [4.78, 5) is 11.3. The van der Waals surface area contributed by atoms with Gasteiger partial charge in [0, 0.05) is 6.42 Å². The van der Waals surface area contributed by atoms with Crippen molar-refractivity contribution in [2.24, 2.45) is 0 Å². The highest BCUT2D eigenvalue weighted by Crippen LogP contribution is 2.07. The molecule has 84 valence electrons. The normalized spacial score (nSPS) is 12.5. The molecule has 0 aromatic heterocycles. The molecule has 0 aliphatic rings. The molecule has 0 aromatic carbocycles. The van der Waals surface area contributed by atoms with Gasteiger partial charge in [-0.1, -0.05) is 39.5 Å². The van der Waals surface area contributed by atoms with Crippen LogP contribution >= 0.6 is 0 Å². The highest BCUT2D eigenvalue weighted by atomic mass is 16.5. The Balaban J connectivity index is 3.40. The van der Waals surface area contributed by atoms with Crippen molar-refractivity contribution in [3.05, 3.63) is 0 Å². The Hall–Kier alpha value is -0.530. The lowest BCUT2D eigenvalue weighted by Crippen LogP contribution is -2.14. The second-order valence-corrected chi connectivity index (χ2v) is 3.90. The van der Waals surface area contributed by atoms with Crippen LogP contribution in [0.3, 0.4) is 0 Å². The monoisotopic (exact) mass is 200 g/mol. The summed E-state index contributed by atoms with van der Waals surface area (Å²) < 4.78 is 5.26. The molecule has 0 aliphatic heterocycles. The number of carbonyl (C=O) groups is 1. The molecule has 0 fully saturated rings. The Labute approximate surface area is 88.0 Å². The molecule has 1 unspecified atom stereocenters. The zero-order valence-corrected chi connectivity index (χ0v) is 9.84. The van der Waals surface area contributed by atoms with Gasteiger partial charge in [0.05, 0.1) is 6.10 Å². The molecule has 14 heavy (non-hydrogen) atoms. The van der Waals surface area contributed by atoms with E-state index in [0.717, 1.165) is 38.5 Å². The van der Waals surface area contributed by atoms with Crippen molar-refractivity contribution >= 4 is 5.97 Å². The van der Waals surface area contributed by atoms with Crippen LogP contribution < -0.4 is 0 Å². The van der Waals surface area contributed by atoms with Crippen molar-refractivity contribution in [3.8, 4) is 0 Å². The number of hydrogen-bond acceptors (Lipinski definition) is 2. The SMILES string of the molecule is CCCCCC(=O)OC(C)CCCC. The average molecular weight is 200 g/mol. The zero-order chi connectivity index (χ0) is 10.8. The molecule has 2 nitrogen and oxygen atoms in total. The maximum absolute atomic E-state index is 11.3. The second kappa shape index (κ2) is 9.04. The number of ether oxygens (including phenoxy) is 1. The lowest BCUT2D eigenvalue weighted by molar-refractivity contribution is -0.148. The molecule has 0 N–H and O–H groups in total. The first-order valence-corrected chi connectivity index (χ1v) is 5.90. The molecular weight excluding hydrogens is 176 g/mol. The molecule has 0 saturated heterocycles. The van der Waals surface area contributed by atoms with Gasteiger partial charge in [0.2, 0.25) is 0 Å². The average Bonchev–Trinajstić information content (AvgIpc) is 2.15. The molecule has 2 heteroatoms. The third-order valence-electron chi connectivity index (χ3n) is 2.28. The lowest BCUT2D eigenvalue weighted by atomic mass is 10.2. The molecule has 0 rings (SSSR count). The Bertz CT molecular complexity index is 143. The molecule has 0 heterocycles. The number of carbonyl (C=O) groups excluding carboxylic acids is 1. The first-order valence-electron chi connectivity index (χ1n) is 5.90. The van der Waals surface area contributed by atoms with E-state index in [4.69, 9.17) is 4.74 Å². The maximum Gasteiger partial charge on any atom is 0.306 e. The van der Waals surface area contributed by atoms with Gasteiger partial charge in [-0.25, -0.2) is 0 Å². The van der Waals surface area contributed by atoms with Crippen molar-refractivity contribution in [3.63, 3.8) is 0 Å². The Kier molecular flexibility index (Phi) is 8.70. The highest BCUT2D eigenvalue weighted by Gasteiger charge is 2.07. The fourth-order valence-electron chi connectivity index (χ4n) is 1.35. The molecule has 0 radical (unpaired) electrons. The van der Waals surface area contributed by atoms with E-state index in [1.54, 1.807) is 0 Å². The van der Waals surface area contributed by atoms with Gasteiger partial charge in [0.15, 0.2) is 0 Å². The van der Waals surface area contributed by atoms with Crippen LogP contribution in [0.5, 0.6) is 0 Å². The van der Waals surface area contributed by atoms with Crippen LogP contribution in [0.4, 0.5) is 0 Å². The Morgan fingerprint density at radius 1 is 1.14 bits per heavy atom. The summed E-state index contributed by atoms with van der Waals surface area (Å²) in [6.07, 6.45) is 7.23. The van der Waals surface area contributed by atoms with Gasteiger partial charge in [-0.05, 0) is 19.8 Å². The van der Waals surface area contributed by atoms with Crippen LogP contribution in [0.25, 0.3) is 0 Å². The molecular formula is C12H24O2. The lowest BCUT2D eigenvalue weighted by Gasteiger charge is -2.12. The van der Waals surface area contributed by atoms with E-state index in [1.807, 2.05) is 6.92 Å². The molecule has 0 aliphatic carbocycles. The van der Waals surface area contributed by atoms with Crippen LogP contribution in [0.15, 0.2) is 0 Å². The first kappa shape index (κ1) is 13.5. The van der Waals surface area contributed by atoms with E-state index in [2.05, 4.69) is 13.8 Å². The summed E-state index contributed by atoms with van der Waals surface area (Å²) in [6.45, 7) is 6.26. The van der Waals surface area contributed by atoms with Crippen molar-refractivity contribution in [2.45, 2.75) is 71.8 Å². The van der Waals surface area contributed by atoms with Gasteiger partial charge in [-0.2, -0.15) is 0 Å². The molecule has 0 spiro atoms. The van der Waals surface area contributed by atoms with Gasteiger partial charge in [0.1, 0.15) is 0 Å². The topological polar surface area (TPSA) is 26.3 Å². The Morgan fingerprint density at radius 2 is 1.79 bits per heavy atom. The Morgan fingerprint density at radius 3 is 2.36 bits per heavy atom. The largest absolute Gasteiger partial charge is 0.463 e. The summed E-state index contributed by atoms with van der Waals surface area (Å²) in [7, 11) is 0. The van der Waals surface area contributed by atoms with E-state index in [9.17, 15) is 4.79 Å². The van der Waals surface area contributed by atoms with Gasteiger partial charge in [0.25, 0.3) is 0 Å². The van der Waals surface area contributed by atoms with Gasteiger partial charge < -0.3 is 4.74 Å². The summed E-state index contributed by atoms with van der Waals surface area (Å²) in [6, 6.07) is 0. The van der Waals surface area contributed by atoms with Gasteiger partial charge >= 0.3 is 5.97 Å². The summed E-state index contributed by atoms with van der Waals surface area (Å²) in [5.41, 5.74) is 0. The molecule has 0 amide bonds. The molecule has 0 saturated carbocycles. The zero-order valence-electron chi connectivity index (χ0n) is 9.84. The maximum atomic E-state index is 11.3. The van der Waals surface area contributed by atoms with Crippen LogP contribution in [0, 0.1) is 0 Å². The van der Waals surface area contributed by atoms with Crippen molar-refractivity contribution in [2.75, 3.05) is 0 Å². The van der Waals surface area contributed by atoms with E-state index < -0.39 is 0 Å². The molecule has 1 atom stereocenters. The van der Waals surface area contributed by atoms with Crippen LogP contribution in [-0.2, 0) is 9.53 Å². The van der Waals surface area contributed by atoms with E-state index >= 15 is 0 Å². The standard InChI is InChI=1S/C12H24O2/c1-4-6-8-10-12(13)14-11(3)9-7-5-2/h11H,4-10H2,1-3H3. The minimum Gasteiger partial charge on any atom is -0.463 e. The van der Waals surface area contributed by atoms with Crippen LogP contribution in [0.1, 0.15) is 65.7 Å². The molecule has 0 aromatic rings. The summed E-state index contributed by atoms with van der Waals surface area (Å²) >= 11 is 0. The smallest absolute Gasteiger partial charge is 0.306 e. The van der Waals surface area contributed by atoms with E-state index in [-0.39, 0.29) is 12.1 Å². The number of hydrogen-bond donors (Lipinski definition) is 0. The second-order valence-electron chi connectivity index (χ2n) is 3.90. The molecule has 0 bridgehead atoms. The number of rotatable bonds is 8. The minimum absolute atomic E-state index is 0.0259. The van der Waals surface area contributed by atoms with Gasteiger partial charge in [-0.3, -0.25) is 4.79 Å². The third kappa shape index (κ3) is 8.09. The van der Waals surface area contributed by atoms with E-state index in [0.29, 0.717) is 6.42 Å². The third-order valence-corrected chi connectivity index (χ3v) is 2.28. The van der Waals surface area contributed by atoms with Crippen LogP contribution in [-0.4, -0.2) is 12.1 Å². The van der Waals surface area contributed by atoms with Crippen molar-refractivity contribution < 1.29 is 9.53 Å². The fraction of sp³-hybridized carbons (Fsp3) is 0.917. The van der Waals surface area contributed by atoms with E-state index in [1.165, 1.54) is 0 Å². The van der Waals surface area contributed by atoms with Gasteiger partial charge in [-0.15, -0.1) is 0 Å². The quantitative estimate of drug-likeness (QED) is 0.441. The van der Waals surface area contributed by atoms with Crippen molar-refractivity contribution in [1.82, 2.24) is 0 Å². The highest BCUT2D eigenvalue weighted by molar-refractivity contribution is 5.69. The number of unbranched alkanes of at least 4 members (excludes halogenated alkanes) is 3. The predicted molar refractivity (Wildman–Crippen MR) is 59.2 cm³/mol. The predicted octanol–water partition coefficient (Wildman–Crippen LogP) is 3.69. The van der Waals surface area contributed by atoms with Crippen LogP contribution in [0.2, 0.25) is 0 Å². The minimum atomic E-state index is -0.0259. The summed E-state index contributed by atoms with van der Waals surface area (Å²) in [5.74, 6) is -0.0259. The number of esters is 1.